The predicted molar refractivity (Wildman–Crippen MR) is 112 cm³/mol. The Bertz CT molecular complexity index is 1120. The van der Waals surface area contributed by atoms with Gasteiger partial charge in [0.1, 0.15) is 0 Å². The predicted octanol–water partition coefficient (Wildman–Crippen LogP) is 2.94. The summed E-state index contributed by atoms with van der Waals surface area (Å²) in [6, 6.07) is 14.0. The molecule has 7 nitrogen and oxygen atoms in total. The number of amides is 1. The fraction of sp³-hybridized carbons (Fsp3) is 0.263. The van der Waals surface area contributed by atoms with Gasteiger partial charge < -0.3 is 9.88 Å². The Morgan fingerprint density at radius 2 is 1.89 bits per heavy atom. The van der Waals surface area contributed by atoms with Crippen LogP contribution in [0.3, 0.4) is 0 Å². The summed E-state index contributed by atoms with van der Waals surface area (Å²) in [4.78, 5) is 17.3. The van der Waals surface area contributed by atoms with Crippen molar-refractivity contribution in [3.63, 3.8) is 0 Å². The van der Waals surface area contributed by atoms with Gasteiger partial charge in [0.2, 0.25) is 15.9 Å². The Hall–Kier alpha value is -2.36. The summed E-state index contributed by atoms with van der Waals surface area (Å²) in [7, 11) is 1.29. The van der Waals surface area contributed by atoms with Gasteiger partial charge in [-0.15, -0.1) is 0 Å². The number of benzene rings is 2. The molecule has 3 aromatic rings. The van der Waals surface area contributed by atoms with E-state index in [0.29, 0.717) is 5.69 Å². The van der Waals surface area contributed by atoms with E-state index in [1.165, 1.54) is 38.0 Å². The number of imidazole rings is 1. The second kappa shape index (κ2) is 7.94. The first-order chi connectivity index (χ1) is 13.2. The number of aryl methyl sites for hydroxylation is 1. The normalized spacial score (nSPS) is 13.0. The number of hydrogen-bond donors (Lipinski definition) is 1. The molecule has 1 aromatic heterocycles. The van der Waals surface area contributed by atoms with Crippen LogP contribution < -0.4 is 5.32 Å². The molecule has 0 aliphatic rings. The fourth-order valence-electron chi connectivity index (χ4n) is 2.63. The number of sulfonamides is 1. The summed E-state index contributed by atoms with van der Waals surface area (Å²) < 4.78 is 27.6. The van der Waals surface area contributed by atoms with Gasteiger partial charge in [-0.25, -0.2) is 17.7 Å². The molecule has 0 aliphatic heterocycles. The second-order valence-corrected chi connectivity index (χ2v) is 9.97. The highest BCUT2D eigenvalue weighted by Crippen LogP contribution is 2.27. The van der Waals surface area contributed by atoms with Crippen molar-refractivity contribution in [2.24, 2.45) is 7.05 Å². The molecule has 0 aliphatic carbocycles. The zero-order chi connectivity index (χ0) is 20.5. The summed E-state index contributed by atoms with van der Waals surface area (Å²) in [6.45, 7) is 1.79. The molecule has 0 radical (unpaired) electrons. The summed E-state index contributed by atoms with van der Waals surface area (Å²) in [5, 5.41) is 3.12. The smallest absolute Gasteiger partial charge is 0.242 e. The molecule has 0 saturated heterocycles. The van der Waals surface area contributed by atoms with Crippen molar-refractivity contribution in [2.75, 3.05) is 19.4 Å². The highest BCUT2D eigenvalue weighted by molar-refractivity contribution is 8.00. The number of anilines is 1. The van der Waals surface area contributed by atoms with Gasteiger partial charge in [0.15, 0.2) is 5.16 Å². The van der Waals surface area contributed by atoms with Crippen molar-refractivity contribution >= 4 is 44.4 Å². The van der Waals surface area contributed by atoms with E-state index in [4.69, 9.17) is 0 Å². The van der Waals surface area contributed by atoms with E-state index in [9.17, 15) is 13.2 Å². The Balaban J connectivity index is 1.75. The number of nitrogens with zero attached hydrogens (tertiary/aromatic N) is 3. The van der Waals surface area contributed by atoms with Crippen molar-refractivity contribution in [1.82, 2.24) is 13.9 Å². The third-order valence-electron chi connectivity index (χ3n) is 4.28. The first kappa shape index (κ1) is 20.4. The Morgan fingerprint density at radius 3 is 2.57 bits per heavy atom. The van der Waals surface area contributed by atoms with E-state index in [1.807, 2.05) is 35.9 Å². The molecule has 1 amide bonds. The molecule has 0 bridgehead atoms. The van der Waals surface area contributed by atoms with Crippen LogP contribution in [0.2, 0.25) is 0 Å². The van der Waals surface area contributed by atoms with Crippen molar-refractivity contribution in [1.29, 1.82) is 0 Å². The minimum Gasteiger partial charge on any atom is -0.325 e. The monoisotopic (exact) mass is 418 g/mol. The van der Waals surface area contributed by atoms with Crippen molar-refractivity contribution in [3.05, 3.63) is 48.5 Å². The van der Waals surface area contributed by atoms with Gasteiger partial charge in [-0.1, -0.05) is 30.0 Å². The standard InChI is InChI=1S/C19H22N4O3S2/c1-13(27-19-21-16-10-5-6-11-17(16)23(19)4)18(24)20-14-8-7-9-15(12-14)28(25,26)22(2)3/h5-13H,1-4H3,(H,20,24). The lowest BCUT2D eigenvalue weighted by Crippen LogP contribution is -2.24. The average molecular weight is 419 g/mol. The molecule has 1 atom stereocenters. The van der Waals surface area contributed by atoms with Crippen molar-refractivity contribution < 1.29 is 13.2 Å². The molecule has 1 unspecified atom stereocenters. The molecule has 0 fully saturated rings. The summed E-state index contributed by atoms with van der Waals surface area (Å²) >= 11 is 1.35. The zero-order valence-electron chi connectivity index (χ0n) is 16.1. The van der Waals surface area contributed by atoms with Crippen LogP contribution in [-0.2, 0) is 21.9 Å². The number of fused-ring (bicyclic) bond motifs is 1. The van der Waals surface area contributed by atoms with E-state index in [2.05, 4.69) is 10.3 Å². The number of rotatable bonds is 6. The van der Waals surface area contributed by atoms with E-state index < -0.39 is 15.3 Å². The molecular weight excluding hydrogens is 396 g/mol. The number of carbonyl (C=O) groups is 1. The Kier molecular flexibility index (Phi) is 5.78. The summed E-state index contributed by atoms with van der Waals surface area (Å²) in [5.41, 5.74) is 2.31. The van der Waals surface area contributed by atoms with Gasteiger partial charge in [-0.3, -0.25) is 4.79 Å². The molecule has 0 spiro atoms. The number of hydrogen-bond acceptors (Lipinski definition) is 5. The SMILES string of the molecule is CC(Sc1nc2ccccc2n1C)C(=O)Nc1cccc(S(=O)(=O)N(C)C)c1. The van der Waals surface area contributed by atoms with Gasteiger partial charge >= 0.3 is 0 Å². The van der Waals surface area contributed by atoms with E-state index in [0.717, 1.165) is 20.5 Å². The lowest BCUT2D eigenvalue weighted by atomic mass is 10.3. The number of carbonyl (C=O) groups excluding carboxylic acids is 1. The minimum atomic E-state index is -3.56. The van der Waals surface area contributed by atoms with Gasteiger partial charge in [0.05, 0.1) is 21.2 Å². The molecule has 148 valence electrons. The molecule has 3 rings (SSSR count). The molecule has 9 heteroatoms. The number of aromatic nitrogens is 2. The van der Waals surface area contributed by atoms with Gasteiger partial charge in [-0.05, 0) is 37.3 Å². The molecule has 2 aromatic carbocycles. The maximum absolute atomic E-state index is 12.6. The molecule has 0 saturated carbocycles. The molecule has 1 N–H and O–H groups in total. The molecule has 1 heterocycles. The number of nitrogens with one attached hydrogen (secondary N) is 1. The van der Waals surface area contributed by atoms with E-state index in [1.54, 1.807) is 19.1 Å². The first-order valence-electron chi connectivity index (χ1n) is 8.61. The fourth-order valence-corrected chi connectivity index (χ4v) is 4.47. The Labute approximate surface area is 168 Å². The lowest BCUT2D eigenvalue weighted by molar-refractivity contribution is -0.115. The quantitative estimate of drug-likeness (QED) is 0.622. The van der Waals surface area contributed by atoms with Crippen molar-refractivity contribution in [2.45, 2.75) is 22.2 Å². The van der Waals surface area contributed by atoms with Crippen LogP contribution in [0.4, 0.5) is 5.69 Å². The molecule has 28 heavy (non-hydrogen) atoms. The number of thioether (sulfide) groups is 1. The summed E-state index contributed by atoms with van der Waals surface area (Å²) in [5.74, 6) is -0.226. The van der Waals surface area contributed by atoms with E-state index >= 15 is 0 Å². The highest BCUT2D eigenvalue weighted by Gasteiger charge is 2.20. The minimum absolute atomic E-state index is 0.131. The second-order valence-electron chi connectivity index (χ2n) is 6.51. The first-order valence-corrected chi connectivity index (χ1v) is 10.9. The molecular formula is C19H22N4O3S2. The lowest BCUT2D eigenvalue weighted by Gasteiger charge is -2.14. The van der Waals surface area contributed by atoms with Crippen LogP contribution in [0.25, 0.3) is 11.0 Å². The van der Waals surface area contributed by atoms with Gasteiger partial charge in [0.25, 0.3) is 0 Å². The highest BCUT2D eigenvalue weighted by atomic mass is 32.2. The zero-order valence-corrected chi connectivity index (χ0v) is 17.7. The van der Waals surface area contributed by atoms with Gasteiger partial charge in [0, 0.05) is 26.8 Å². The van der Waals surface area contributed by atoms with Crippen LogP contribution >= 0.6 is 11.8 Å². The largest absolute Gasteiger partial charge is 0.325 e. The summed E-state index contributed by atoms with van der Waals surface area (Å²) in [6.07, 6.45) is 0. The van der Waals surface area contributed by atoms with Gasteiger partial charge in [-0.2, -0.15) is 0 Å². The third kappa shape index (κ3) is 4.06. The average Bonchev–Trinajstić information content (AvgIpc) is 2.97. The van der Waals surface area contributed by atoms with Crippen LogP contribution in [0.5, 0.6) is 0 Å². The third-order valence-corrected chi connectivity index (χ3v) is 7.23. The van der Waals surface area contributed by atoms with Crippen LogP contribution in [0.1, 0.15) is 6.92 Å². The van der Waals surface area contributed by atoms with Crippen LogP contribution in [0.15, 0.2) is 58.6 Å². The van der Waals surface area contributed by atoms with Crippen LogP contribution in [-0.4, -0.2) is 47.5 Å². The van der Waals surface area contributed by atoms with Crippen LogP contribution in [0, 0.1) is 0 Å². The van der Waals surface area contributed by atoms with E-state index in [-0.39, 0.29) is 10.8 Å². The van der Waals surface area contributed by atoms with Crippen molar-refractivity contribution in [3.8, 4) is 0 Å². The maximum Gasteiger partial charge on any atom is 0.242 e. The maximum atomic E-state index is 12.6. The topological polar surface area (TPSA) is 84.3 Å². The number of para-hydroxylation sites is 2. The Morgan fingerprint density at radius 1 is 1.18 bits per heavy atom.